The summed E-state index contributed by atoms with van der Waals surface area (Å²) < 4.78 is 84.5. The van der Waals surface area contributed by atoms with Gasteiger partial charge in [0.1, 0.15) is 12.4 Å². The number of benzene rings is 2. The molecule has 1 N–H and O–H groups in total. The highest BCUT2D eigenvalue weighted by molar-refractivity contribution is 5.90. The van der Waals surface area contributed by atoms with Crippen molar-refractivity contribution >= 4 is 11.7 Å². The summed E-state index contributed by atoms with van der Waals surface area (Å²) in [5.74, 6) is 0.850. The number of hydrogen-bond acceptors (Lipinski definition) is 5. The number of urea groups is 1. The molecule has 42 heavy (non-hydrogen) atoms. The second-order valence-corrected chi connectivity index (χ2v) is 10.6. The van der Waals surface area contributed by atoms with Crippen LogP contribution < -0.4 is 10.1 Å². The molecule has 4 rings (SSSR count). The van der Waals surface area contributed by atoms with Crippen molar-refractivity contribution in [3.8, 4) is 5.75 Å². The van der Waals surface area contributed by atoms with Gasteiger partial charge in [-0.05, 0) is 49.0 Å². The molecule has 2 heterocycles. The zero-order valence-electron chi connectivity index (χ0n) is 23.8. The average molecular weight is 602 g/mol. The zero-order valence-corrected chi connectivity index (χ0v) is 23.8. The van der Waals surface area contributed by atoms with Crippen molar-refractivity contribution in [2.45, 2.75) is 38.8 Å². The van der Waals surface area contributed by atoms with E-state index >= 15 is 0 Å². The van der Waals surface area contributed by atoms with Crippen molar-refractivity contribution in [2.24, 2.45) is 0 Å². The lowest BCUT2D eigenvalue weighted by atomic mass is 10.1. The Balaban J connectivity index is 1.20. The van der Waals surface area contributed by atoms with E-state index in [4.69, 9.17) is 4.74 Å². The van der Waals surface area contributed by atoms with E-state index in [2.05, 4.69) is 46.0 Å². The molecular formula is C29H37F6N5O2. The molecule has 2 aromatic rings. The van der Waals surface area contributed by atoms with E-state index in [1.807, 2.05) is 12.1 Å². The number of carbonyl (C=O) groups excluding carboxylic acids is 1. The van der Waals surface area contributed by atoms with Gasteiger partial charge in [-0.25, -0.2) is 4.79 Å². The summed E-state index contributed by atoms with van der Waals surface area (Å²) in [4.78, 5) is 20.9. The van der Waals surface area contributed by atoms with Crippen LogP contribution in [0, 0.1) is 0 Å². The number of piperazine rings is 1. The van der Waals surface area contributed by atoms with Crippen molar-refractivity contribution in [3.05, 3.63) is 59.2 Å². The predicted octanol–water partition coefficient (Wildman–Crippen LogP) is 5.48. The van der Waals surface area contributed by atoms with E-state index in [1.165, 1.54) is 10.5 Å². The number of anilines is 1. The summed E-state index contributed by atoms with van der Waals surface area (Å²) in [5.41, 5.74) is -2.29. The molecule has 2 amide bonds. The lowest BCUT2D eigenvalue weighted by Gasteiger charge is -2.48. The molecule has 0 unspecified atom stereocenters. The molecular weight excluding hydrogens is 564 g/mol. The van der Waals surface area contributed by atoms with Gasteiger partial charge in [-0.3, -0.25) is 9.80 Å². The van der Waals surface area contributed by atoms with Crippen LogP contribution in [-0.4, -0.2) is 97.2 Å². The molecule has 2 saturated heterocycles. The lowest BCUT2D eigenvalue weighted by Crippen LogP contribution is -2.64. The summed E-state index contributed by atoms with van der Waals surface area (Å²) in [6.45, 7) is 12.6. The third kappa shape index (κ3) is 8.51. The van der Waals surface area contributed by atoms with Gasteiger partial charge >= 0.3 is 18.4 Å². The Bertz CT molecular complexity index is 1140. The highest BCUT2D eigenvalue weighted by Crippen LogP contribution is 2.37. The van der Waals surface area contributed by atoms with Crippen LogP contribution >= 0.6 is 0 Å². The summed E-state index contributed by atoms with van der Waals surface area (Å²) in [6.07, 6.45) is -9.96. The number of hydrogen-bond donors (Lipinski definition) is 1. The molecule has 7 nitrogen and oxygen atoms in total. The standard InChI is InChI=1S/C29H37F6N5O2/c1-3-37(4-2)13-14-42-26-7-5-21(6-8-26)18-38-9-11-39(12-10-38)25-19-40(20-25)27(41)36-24-16-22(28(30,31)32)15-23(17-24)29(33,34)35/h5-8,15-17,25H,3-4,9-14,18-20H2,1-2H3,(H,36,41). The molecule has 0 atom stereocenters. The van der Waals surface area contributed by atoms with E-state index in [9.17, 15) is 31.1 Å². The molecule has 2 aromatic carbocycles. The topological polar surface area (TPSA) is 51.3 Å². The average Bonchev–Trinajstić information content (AvgIpc) is 2.91. The minimum absolute atomic E-state index is 0.0356. The fourth-order valence-corrected chi connectivity index (χ4v) is 5.15. The van der Waals surface area contributed by atoms with Gasteiger partial charge in [0.05, 0.1) is 11.1 Å². The van der Waals surface area contributed by atoms with Gasteiger partial charge in [0, 0.05) is 64.1 Å². The summed E-state index contributed by atoms with van der Waals surface area (Å²) in [6, 6.07) is 8.56. The van der Waals surface area contributed by atoms with Crippen LogP contribution in [0.15, 0.2) is 42.5 Å². The Hall–Kier alpha value is -3.03. The molecule has 2 aliphatic heterocycles. The van der Waals surface area contributed by atoms with E-state index in [-0.39, 0.29) is 12.1 Å². The van der Waals surface area contributed by atoms with Gasteiger partial charge in [0.15, 0.2) is 0 Å². The molecule has 0 bridgehead atoms. The minimum Gasteiger partial charge on any atom is -0.492 e. The molecule has 0 aromatic heterocycles. The Kier molecular flexibility index (Phi) is 10.3. The van der Waals surface area contributed by atoms with E-state index in [0.717, 1.165) is 58.1 Å². The van der Waals surface area contributed by atoms with Crippen LogP contribution in [0.3, 0.4) is 0 Å². The summed E-state index contributed by atoms with van der Waals surface area (Å²) in [7, 11) is 0. The first kappa shape index (κ1) is 31.9. The van der Waals surface area contributed by atoms with E-state index in [0.29, 0.717) is 31.8 Å². The second kappa shape index (κ2) is 13.5. The number of halogens is 6. The third-order valence-electron chi connectivity index (χ3n) is 7.81. The summed E-state index contributed by atoms with van der Waals surface area (Å²) in [5, 5.41) is 2.20. The smallest absolute Gasteiger partial charge is 0.416 e. The molecule has 2 aliphatic rings. The number of rotatable bonds is 10. The molecule has 0 aliphatic carbocycles. The second-order valence-electron chi connectivity index (χ2n) is 10.6. The van der Waals surface area contributed by atoms with E-state index < -0.39 is 35.2 Å². The number of alkyl halides is 6. The third-order valence-corrected chi connectivity index (χ3v) is 7.81. The highest BCUT2D eigenvalue weighted by Gasteiger charge is 2.39. The van der Waals surface area contributed by atoms with Gasteiger partial charge in [0.25, 0.3) is 0 Å². The molecule has 13 heteroatoms. The Morgan fingerprint density at radius 1 is 0.905 bits per heavy atom. The maximum absolute atomic E-state index is 13.1. The summed E-state index contributed by atoms with van der Waals surface area (Å²) >= 11 is 0. The fourth-order valence-electron chi connectivity index (χ4n) is 5.15. The van der Waals surface area contributed by atoms with Crippen LogP contribution in [0.25, 0.3) is 0 Å². The first-order valence-corrected chi connectivity index (χ1v) is 14.1. The Morgan fingerprint density at radius 2 is 1.48 bits per heavy atom. The number of nitrogens with zero attached hydrogens (tertiary/aromatic N) is 4. The van der Waals surface area contributed by atoms with Gasteiger partial charge < -0.3 is 19.9 Å². The number of likely N-dealkylation sites (N-methyl/N-ethyl adjacent to an activating group) is 1. The van der Waals surface area contributed by atoms with Gasteiger partial charge in [-0.1, -0.05) is 26.0 Å². The number of carbonyl (C=O) groups is 1. The zero-order chi connectivity index (χ0) is 30.5. The number of ether oxygens (including phenoxy) is 1. The maximum atomic E-state index is 13.1. The minimum atomic E-state index is -4.98. The normalized spacial score (nSPS) is 17.4. The fraction of sp³-hybridized carbons (Fsp3) is 0.552. The number of amides is 2. The van der Waals surface area contributed by atoms with Gasteiger partial charge in [-0.15, -0.1) is 0 Å². The predicted molar refractivity (Wildman–Crippen MR) is 147 cm³/mol. The molecule has 0 spiro atoms. The van der Waals surface area contributed by atoms with Crippen molar-refractivity contribution < 1.29 is 35.9 Å². The monoisotopic (exact) mass is 601 g/mol. The lowest BCUT2D eigenvalue weighted by molar-refractivity contribution is -0.143. The molecule has 0 saturated carbocycles. The van der Waals surface area contributed by atoms with Crippen molar-refractivity contribution in [2.75, 3.05) is 70.8 Å². The molecule has 0 radical (unpaired) electrons. The van der Waals surface area contributed by atoms with E-state index in [1.54, 1.807) is 0 Å². The first-order chi connectivity index (χ1) is 19.9. The first-order valence-electron chi connectivity index (χ1n) is 14.1. The van der Waals surface area contributed by atoms with Crippen molar-refractivity contribution in [1.29, 1.82) is 0 Å². The highest BCUT2D eigenvalue weighted by atomic mass is 19.4. The Labute approximate surface area is 242 Å². The molecule has 2 fully saturated rings. The SMILES string of the molecule is CCN(CC)CCOc1ccc(CN2CCN(C3CN(C(=O)Nc4cc(C(F)(F)F)cc(C(F)(F)F)c4)C3)CC2)cc1. The molecule has 232 valence electrons. The van der Waals surface area contributed by atoms with Crippen LogP contribution in [0.1, 0.15) is 30.5 Å². The number of nitrogens with one attached hydrogen (secondary N) is 1. The Morgan fingerprint density at radius 3 is 2.00 bits per heavy atom. The van der Waals surface area contributed by atoms with Gasteiger partial charge in [-0.2, -0.15) is 26.3 Å². The van der Waals surface area contributed by atoms with Crippen LogP contribution in [-0.2, 0) is 18.9 Å². The van der Waals surface area contributed by atoms with Gasteiger partial charge in [0.2, 0.25) is 0 Å². The maximum Gasteiger partial charge on any atom is 0.416 e. The quantitative estimate of drug-likeness (QED) is 0.366. The van der Waals surface area contributed by atoms with Crippen LogP contribution in [0.5, 0.6) is 5.75 Å². The van der Waals surface area contributed by atoms with Crippen LogP contribution in [0.2, 0.25) is 0 Å². The number of likely N-dealkylation sites (tertiary alicyclic amines) is 1. The van der Waals surface area contributed by atoms with Crippen LogP contribution in [0.4, 0.5) is 36.8 Å². The van der Waals surface area contributed by atoms with Crippen molar-refractivity contribution in [1.82, 2.24) is 19.6 Å². The largest absolute Gasteiger partial charge is 0.492 e. The van der Waals surface area contributed by atoms with Crippen molar-refractivity contribution in [3.63, 3.8) is 0 Å².